The number of amides is 1. The van der Waals surface area contributed by atoms with Gasteiger partial charge in [0.1, 0.15) is 11.4 Å². The first-order valence-corrected chi connectivity index (χ1v) is 8.60. The zero-order valence-corrected chi connectivity index (χ0v) is 15.0. The van der Waals surface area contributed by atoms with Gasteiger partial charge in [-0.25, -0.2) is 14.6 Å². The predicted molar refractivity (Wildman–Crippen MR) is 92.9 cm³/mol. The summed E-state index contributed by atoms with van der Waals surface area (Å²) in [6.45, 7) is 8.86. The highest BCUT2D eigenvalue weighted by Crippen LogP contribution is 2.42. The van der Waals surface area contributed by atoms with Crippen molar-refractivity contribution in [3.63, 3.8) is 0 Å². The van der Waals surface area contributed by atoms with E-state index in [1.165, 1.54) is 6.20 Å². The number of carboxylic acids is 1. The number of nitrogens with zero attached hydrogens (tertiary/aromatic N) is 3. The maximum atomic E-state index is 12.1. The van der Waals surface area contributed by atoms with Gasteiger partial charge in [0.2, 0.25) is 0 Å². The lowest BCUT2D eigenvalue weighted by atomic mass is 9.72. The molecule has 1 spiro atoms. The molecule has 7 nitrogen and oxygen atoms in total. The molecule has 3 rings (SSSR count). The highest BCUT2D eigenvalue weighted by atomic mass is 16.6. The van der Waals surface area contributed by atoms with Crippen LogP contribution < -0.4 is 4.90 Å². The highest BCUT2D eigenvalue weighted by molar-refractivity contribution is 5.87. The van der Waals surface area contributed by atoms with Gasteiger partial charge in [-0.05, 0) is 45.7 Å². The van der Waals surface area contributed by atoms with Crippen molar-refractivity contribution in [2.45, 2.75) is 39.2 Å². The van der Waals surface area contributed by atoms with Crippen LogP contribution in [-0.2, 0) is 4.74 Å². The molecule has 2 aliphatic rings. The summed E-state index contributed by atoms with van der Waals surface area (Å²) in [4.78, 5) is 31.2. The van der Waals surface area contributed by atoms with Gasteiger partial charge >= 0.3 is 12.1 Å². The average molecular weight is 347 g/mol. The molecule has 3 heterocycles. The lowest BCUT2D eigenvalue weighted by Gasteiger charge is -2.54. The van der Waals surface area contributed by atoms with Gasteiger partial charge in [-0.15, -0.1) is 0 Å². The first kappa shape index (κ1) is 17.5. The third-order valence-corrected chi connectivity index (χ3v) is 4.85. The first-order valence-electron chi connectivity index (χ1n) is 8.60. The summed E-state index contributed by atoms with van der Waals surface area (Å²) in [6.07, 6.45) is 3.07. The molecule has 1 amide bonds. The second-order valence-electron chi connectivity index (χ2n) is 8.03. The topological polar surface area (TPSA) is 83.0 Å². The van der Waals surface area contributed by atoms with Gasteiger partial charge < -0.3 is 19.6 Å². The average Bonchev–Trinajstić information content (AvgIpc) is 2.51. The molecule has 1 N–H and O–H groups in total. The number of piperidine rings is 1. The van der Waals surface area contributed by atoms with E-state index in [9.17, 15) is 9.59 Å². The number of likely N-dealkylation sites (tertiary alicyclic amines) is 1. The fourth-order valence-electron chi connectivity index (χ4n) is 3.43. The number of carbonyl (C=O) groups is 2. The molecule has 0 bridgehead atoms. The minimum absolute atomic E-state index is 0.199. The van der Waals surface area contributed by atoms with Crippen LogP contribution in [0.1, 0.15) is 44.0 Å². The third kappa shape index (κ3) is 3.86. The molecular weight excluding hydrogens is 322 g/mol. The van der Waals surface area contributed by atoms with E-state index in [2.05, 4.69) is 9.88 Å². The molecule has 2 aliphatic heterocycles. The Morgan fingerprint density at radius 3 is 2.32 bits per heavy atom. The Hall–Kier alpha value is -2.31. The van der Waals surface area contributed by atoms with Crippen LogP contribution in [0.5, 0.6) is 0 Å². The lowest BCUT2D eigenvalue weighted by Crippen LogP contribution is -2.61. The maximum Gasteiger partial charge on any atom is 0.410 e. The number of hydrogen-bond acceptors (Lipinski definition) is 5. The van der Waals surface area contributed by atoms with Crippen LogP contribution in [0.4, 0.5) is 10.6 Å². The summed E-state index contributed by atoms with van der Waals surface area (Å²) < 4.78 is 5.44. The SMILES string of the molecule is CC(C)(C)OC(=O)N1CCC2(CC1)CN(c1ccc(C(=O)O)cn1)C2. The number of rotatable bonds is 2. The molecule has 0 saturated carbocycles. The van der Waals surface area contributed by atoms with Crippen LogP contribution in [0, 0.1) is 5.41 Å². The van der Waals surface area contributed by atoms with Crippen LogP contribution in [0.3, 0.4) is 0 Å². The molecule has 7 heteroatoms. The van der Waals surface area contributed by atoms with E-state index < -0.39 is 11.6 Å². The van der Waals surface area contributed by atoms with Crippen LogP contribution in [0.15, 0.2) is 18.3 Å². The van der Waals surface area contributed by atoms with E-state index in [0.29, 0.717) is 13.1 Å². The normalized spacial score (nSPS) is 19.5. The molecule has 136 valence electrons. The Morgan fingerprint density at radius 2 is 1.84 bits per heavy atom. The van der Waals surface area contributed by atoms with Gasteiger partial charge in [0.25, 0.3) is 0 Å². The molecule has 2 saturated heterocycles. The smallest absolute Gasteiger partial charge is 0.410 e. The second kappa shape index (κ2) is 6.20. The van der Waals surface area contributed by atoms with Gasteiger partial charge in [0.15, 0.2) is 0 Å². The van der Waals surface area contributed by atoms with Crippen LogP contribution in [0.25, 0.3) is 0 Å². The zero-order valence-electron chi connectivity index (χ0n) is 15.0. The quantitative estimate of drug-likeness (QED) is 0.885. The minimum Gasteiger partial charge on any atom is -0.478 e. The summed E-state index contributed by atoms with van der Waals surface area (Å²) in [6, 6.07) is 3.34. The molecule has 1 aromatic heterocycles. The molecule has 0 aromatic carbocycles. The lowest BCUT2D eigenvalue weighted by molar-refractivity contribution is 0.00587. The number of ether oxygens (including phenoxy) is 1. The van der Waals surface area contributed by atoms with Crippen molar-refractivity contribution in [3.8, 4) is 0 Å². The summed E-state index contributed by atoms with van der Waals surface area (Å²) in [7, 11) is 0. The van der Waals surface area contributed by atoms with E-state index in [1.807, 2.05) is 20.8 Å². The first-order chi connectivity index (χ1) is 11.7. The van der Waals surface area contributed by atoms with Crippen molar-refractivity contribution in [2.24, 2.45) is 5.41 Å². The van der Waals surface area contributed by atoms with Crippen LogP contribution in [-0.4, -0.2) is 58.8 Å². The van der Waals surface area contributed by atoms with Crippen molar-refractivity contribution < 1.29 is 19.4 Å². The van der Waals surface area contributed by atoms with E-state index >= 15 is 0 Å². The zero-order chi connectivity index (χ0) is 18.2. The van der Waals surface area contributed by atoms with E-state index in [4.69, 9.17) is 9.84 Å². The Morgan fingerprint density at radius 1 is 1.20 bits per heavy atom. The summed E-state index contributed by atoms with van der Waals surface area (Å²) in [5, 5.41) is 8.93. The highest BCUT2D eigenvalue weighted by Gasteiger charge is 2.46. The largest absolute Gasteiger partial charge is 0.478 e. The Labute approximate surface area is 147 Å². The van der Waals surface area contributed by atoms with E-state index in [0.717, 1.165) is 31.7 Å². The fraction of sp³-hybridized carbons (Fsp3) is 0.611. The Bertz CT molecular complexity index is 650. The number of carboxylic acid groups (broad SMARTS) is 1. The standard InChI is InChI=1S/C18H25N3O4/c1-17(2,3)25-16(24)20-8-6-18(7-9-20)11-21(12-18)14-5-4-13(10-19-14)15(22)23/h4-5,10H,6-9,11-12H2,1-3H3,(H,22,23). The van der Waals surface area contributed by atoms with Gasteiger partial charge in [-0.2, -0.15) is 0 Å². The maximum absolute atomic E-state index is 12.1. The number of hydrogen-bond donors (Lipinski definition) is 1. The molecule has 0 aliphatic carbocycles. The summed E-state index contributed by atoms with van der Waals surface area (Å²) in [5.41, 5.74) is -0.0384. The summed E-state index contributed by atoms with van der Waals surface area (Å²) >= 11 is 0. The van der Waals surface area contributed by atoms with Crippen molar-refractivity contribution in [2.75, 3.05) is 31.1 Å². The molecule has 0 unspecified atom stereocenters. The Balaban J connectivity index is 1.51. The molecular formula is C18H25N3O4. The Kier molecular flexibility index (Phi) is 4.34. The second-order valence-corrected chi connectivity index (χ2v) is 8.03. The van der Waals surface area contributed by atoms with Crippen LogP contribution in [0.2, 0.25) is 0 Å². The molecule has 0 radical (unpaired) electrons. The van der Waals surface area contributed by atoms with E-state index in [1.54, 1.807) is 17.0 Å². The van der Waals surface area contributed by atoms with Crippen molar-refractivity contribution in [1.29, 1.82) is 0 Å². The number of aromatic nitrogens is 1. The van der Waals surface area contributed by atoms with Crippen molar-refractivity contribution >= 4 is 17.9 Å². The number of anilines is 1. The van der Waals surface area contributed by atoms with E-state index in [-0.39, 0.29) is 17.1 Å². The molecule has 25 heavy (non-hydrogen) atoms. The third-order valence-electron chi connectivity index (χ3n) is 4.85. The summed E-state index contributed by atoms with van der Waals surface area (Å²) in [5.74, 6) is -0.154. The predicted octanol–water partition coefficient (Wildman–Crippen LogP) is 2.62. The fourth-order valence-corrected chi connectivity index (χ4v) is 3.43. The minimum atomic E-state index is -0.964. The molecule has 0 atom stereocenters. The number of carbonyl (C=O) groups excluding carboxylic acids is 1. The monoisotopic (exact) mass is 347 g/mol. The van der Waals surface area contributed by atoms with Crippen LogP contribution >= 0.6 is 0 Å². The molecule has 2 fully saturated rings. The van der Waals surface area contributed by atoms with Crippen molar-refractivity contribution in [3.05, 3.63) is 23.9 Å². The van der Waals surface area contributed by atoms with Gasteiger partial charge in [0, 0.05) is 37.8 Å². The van der Waals surface area contributed by atoms with Gasteiger partial charge in [0.05, 0.1) is 5.56 Å². The van der Waals surface area contributed by atoms with Gasteiger partial charge in [-0.1, -0.05) is 0 Å². The molecule has 1 aromatic rings. The van der Waals surface area contributed by atoms with Gasteiger partial charge in [-0.3, -0.25) is 0 Å². The van der Waals surface area contributed by atoms with Crippen molar-refractivity contribution in [1.82, 2.24) is 9.88 Å². The number of pyridine rings is 1. The number of aromatic carboxylic acids is 1.